The fourth-order valence-corrected chi connectivity index (χ4v) is 4.43. The normalized spacial score (nSPS) is 15.8. The Kier molecular flexibility index (Phi) is 5.79. The standard InChI is InChI=1S/C22H14F4N2O3S/c23-12-5-6-13(17(26)9-12)11-4-7-18(29)14(8-11)21(31)27-28-19(30)10-32-22(28)20-15(24)2-1-3-16(20)25/h1-9,22,29H,10H2,(H,27,31). The Morgan fingerprint density at radius 1 is 1.00 bits per heavy atom. The molecule has 10 heteroatoms. The van der Waals surface area contributed by atoms with Crippen molar-refractivity contribution in [3.05, 3.63) is 89.0 Å². The van der Waals surface area contributed by atoms with E-state index in [2.05, 4.69) is 5.43 Å². The Bertz CT molecular complexity index is 1220. The molecule has 3 aromatic rings. The Morgan fingerprint density at radius 3 is 2.41 bits per heavy atom. The summed E-state index contributed by atoms with van der Waals surface area (Å²) >= 11 is 0.919. The van der Waals surface area contributed by atoms with Crippen LogP contribution in [0.25, 0.3) is 11.1 Å². The lowest BCUT2D eigenvalue weighted by molar-refractivity contribution is -0.130. The first-order chi connectivity index (χ1) is 15.3. The number of nitrogens with one attached hydrogen (secondary N) is 1. The molecule has 5 nitrogen and oxygen atoms in total. The second kappa shape index (κ2) is 8.54. The molecule has 1 heterocycles. The molecular formula is C22H14F4N2O3S. The summed E-state index contributed by atoms with van der Waals surface area (Å²) in [5, 5.41) is 9.76. The third-order valence-electron chi connectivity index (χ3n) is 4.82. The molecule has 2 amide bonds. The van der Waals surface area contributed by atoms with E-state index >= 15 is 0 Å². The Morgan fingerprint density at radius 2 is 1.72 bits per heavy atom. The molecular weight excluding hydrogens is 448 g/mol. The van der Waals surface area contributed by atoms with Crippen molar-refractivity contribution in [2.75, 3.05) is 5.75 Å². The first-order valence-electron chi connectivity index (χ1n) is 9.23. The first-order valence-corrected chi connectivity index (χ1v) is 10.3. The van der Waals surface area contributed by atoms with Crippen LogP contribution in [-0.4, -0.2) is 27.7 Å². The van der Waals surface area contributed by atoms with Gasteiger partial charge in [0.05, 0.1) is 16.9 Å². The second-order valence-corrected chi connectivity index (χ2v) is 7.93. The van der Waals surface area contributed by atoms with Gasteiger partial charge in [-0.05, 0) is 42.0 Å². The van der Waals surface area contributed by atoms with E-state index in [0.29, 0.717) is 6.07 Å². The quantitative estimate of drug-likeness (QED) is 0.559. The minimum atomic E-state index is -1.16. The number of hydrogen-bond donors (Lipinski definition) is 2. The number of benzene rings is 3. The number of hydrogen-bond acceptors (Lipinski definition) is 4. The maximum Gasteiger partial charge on any atom is 0.273 e. The monoisotopic (exact) mass is 462 g/mol. The van der Waals surface area contributed by atoms with Gasteiger partial charge in [0.2, 0.25) is 0 Å². The number of phenolic OH excluding ortho intramolecular Hbond substituents is 1. The average molecular weight is 462 g/mol. The molecule has 1 unspecified atom stereocenters. The van der Waals surface area contributed by atoms with Crippen molar-refractivity contribution in [1.82, 2.24) is 10.4 Å². The minimum absolute atomic E-state index is 0.0143. The molecule has 3 aromatic carbocycles. The lowest BCUT2D eigenvalue weighted by atomic mass is 10.0. The molecule has 0 aliphatic carbocycles. The van der Waals surface area contributed by atoms with Crippen LogP contribution < -0.4 is 5.43 Å². The van der Waals surface area contributed by atoms with Gasteiger partial charge in [0.1, 0.15) is 34.4 Å². The molecule has 1 aliphatic rings. The van der Waals surface area contributed by atoms with E-state index in [1.54, 1.807) is 0 Å². The average Bonchev–Trinajstić information content (AvgIpc) is 3.08. The Labute approximate surface area is 183 Å². The van der Waals surface area contributed by atoms with Gasteiger partial charge in [-0.15, -0.1) is 11.8 Å². The molecule has 0 spiro atoms. The maximum absolute atomic E-state index is 14.2. The molecule has 0 saturated carbocycles. The van der Waals surface area contributed by atoms with E-state index in [4.69, 9.17) is 0 Å². The number of halogens is 4. The molecule has 1 fully saturated rings. The van der Waals surface area contributed by atoms with Gasteiger partial charge in [-0.3, -0.25) is 15.0 Å². The van der Waals surface area contributed by atoms with Crippen LogP contribution in [0.4, 0.5) is 17.6 Å². The third kappa shape index (κ3) is 4.01. The fraction of sp³-hybridized carbons (Fsp3) is 0.0909. The summed E-state index contributed by atoms with van der Waals surface area (Å²) in [5.74, 6) is -5.57. The van der Waals surface area contributed by atoms with Crippen LogP contribution in [-0.2, 0) is 4.79 Å². The highest BCUT2D eigenvalue weighted by Gasteiger charge is 2.38. The minimum Gasteiger partial charge on any atom is -0.507 e. The Hall–Kier alpha value is -3.53. The molecule has 0 bridgehead atoms. The van der Waals surface area contributed by atoms with E-state index < -0.39 is 51.8 Å². The van der Waals surface area contributed by atoms with Crippen molar-refractivity contribution in [3.8, 4) is 16.9 Å². The van der Waals surface area contributed by atoms with Crippen LogP contribution >= 0.6 is 11.8 Å². The topological polar surface area (TPSA) is 69.6 Å². The van der Waals surface area contributed by atoms with Gasteiger partial charge in [-0.25, -0.2) is 22.6 Å². The summed E-state index contributed by atoms with van der Waals surface area (Å²) < 4.78 is 55.8. The highest BCUT2D eigenvalue weighted by Crippen LogP contribution is 2.40. The van der Waals surface area contributed by atoms with Crippen molar-refractivity contribution in [2.24, 2.45) is 0 Å². The zero-order valence-corrected chi connectivity index (χ0v) is 16.9. The lowest BCUT2D eigenvalue weighted by Crippen LogP contribution is -2.44. The number of rotatable bonds is 4. The number of nitrogens with zero attached hydrogens (tertiary/aromatic N) is 1. The smallest absolute Gasteiger partial charge is 0.273 e. The molecule has 1 saturated heterocycles. The van der Waals surface area contributed by atoms with Crippen molar-refractivity contribution in [3.63, 3.8) is 0 Å². The number of phenols is 1. The van der Waals surface area contributed by atoms with E-state index in [1.807, 2.05) is 0 Å². The number of amides is 2. The van der Waals surface area contributed by atoms with E-state index in [1.165, 1.54) is 18.2 Å². The molecule has 0 radical (unpaired) electrons. The molecule has 1 aliphatic heterocycles. The van der Waals surface area contributed by atoms with Gasteiger partial charge >= 0.3 is 0 Å². The van der Waals surface area contributed by atoms with Gasteiger partial charge in [-0.1, -0.05) is 12.1 Å². The first kappa shape index (κ1) is 21.7. The van der Waals surface area contributed by atoms with Crippen molar-refractivity contribution >= 4 is 23.6 Å². The molecule has 164 valence electrons. The molecule has 2 N–H and O–H groups in total. The second-order valence-electron chi connectivity index (χ2n) is 6.86. The predicted molar refractivity (Wildman–Crippen MR) is 109 cm³/mol. The van der Waals surface area contributed by atoms with E-state index in [0.717, 1.165) is 47.1 Å². The molecule has 4 rings (SSSR count). The third-order valence-corrected chi connectivity index (χ3v) is 6.00. The summed E-state index contributed by atoms with van der Waals surface area (Å²) in [6.07, 6.45) is 0. The summed E-state index contributed by atoms with van der Waals surface area (Å²) in [7, 11) is 0. The zero-order chi connectivity index (χ0) is 23.0. The zero-order valence-electron chi connectivity index (χ0n) is 16.1. The molecule has 1 atom stereocenters. The van der Waals surface area contributed by atoms with Gasteiger partial charge in [-0.2, -0.15) is 0 Å². The van der Waals surface area contributed by atoms with Crippen LogP contribution in [0, 0.1) is 23.3 Å². The number of carbonyl (C=O) groups is 2. The number of hydrazine groups is 1. The van der Waals surface area contributed by atoms with Crippen molar-refractivity contribution < 1.29 is 32.3 Å². The van der Waals surface area contributed by atoms with Gasteiger partial charge in [0.15, 0.2) is 0 Å². The van der Waals surface area contributed by atoms with Crippen molar-refractivity contribution in [1.29, 1.82) is 0 Å². The van der Waals surface area contributed by atoms with Crippen LogP contribution in [0.15, 0.2) is 54.6 Å². The van der Waals surface area contributed by atoms with Crippen LogP contribution in [0.2, 0.25) is 0 Å². The number of carbonyl (C=O) groups excluding carboxylic acids is 2. The van der Waals surface area contributed by atoms with Crippen LogP contribution in [0.3, 0.4) is 0 Å². The lowest BCUT2D eigenvalue weighted by Gasteiger charge is -2.25. The summed E-state index contributed by atoms with van der Waals surface area (Å²) in [4.78, 5) is 25.1. The van der Waals surface area contributed by atoms with Crippen molar-refractivity contribution in [2.45, 2.75) is 5.37 Å². The van der Waals surface area contributed by atoms with Crippen LogP contribution in [0.1, 0.15) is 21.3 Å². The summed E-state index contributed by atoms with van der Waals surface area (Å²) in [6, 6.07) is 9.77. The van der Waals surface area contributed by atoms with E-state index in [9.17, 15) is 32.3 Å². The molecule has 32 heavy (non-hydrogen) atoms. The fourth-order valence-electron chi connectivity index (χ4n) is 3.28. The summed E-state index contributed by atoms with van der Waals surface area (Å²) in [6.45, 7) is 0. The predicted octanol–water partition coefficient (Wildman–Crippen LogP) is 4.53. The highest BCUT2D eigenvalue weighted by molar-refractivity contribution is 8.00. The maximum atomic E-state index is 14.2. The highest BCUT2D eigenvalue weighted by atomic mass is 32.2. The SMILES string of the molecule is O=C(NN1C(=O)CSC1c1c(F)cccc1F)c1cc(-c2ccc(F)cc2F)ccc1O. The number of aromatic hydroxyl groups is 1. The summed E-state index contributed by atoms with van der Waals surface area (Å²) in [5.41, 5.74) is 1.71. The number of thioether (sulfide) groups is 1. The van der Waals surface area contributed by atoms with Gasteiger partial charge in [0.25, 0.3) is 11.8 Å². The van der Waals surface area contributed by atoms with Crippen LogP contribution in [0.5, 0.6) is 5.75 Å². The Balaban J connectivity index is 1.65. The van der Waals surface area contributed by atoms with Gasteiger partial charge in [0, 0.05) is 11.6 Å². The van der Waals surface area contributed by atoms with Gasteiger partial charge < -0.3 is 5.11 Å². The largest absolute Gasteiger partial charge is 0.507 e. The van der Waals surface area contributed by atoms with E-state index in [-0.39, 0.29) is 22.4 Å². The molecule has 0 aromatic heterocycles.